The molecule has 0 atom stereocenters. The number of allylic oxidation sites excluding steroid dienone is 4. The second kappa shape index (κ2) is 7.65. The van der Waals surface area contributed by atoms with Gasteiger partial charge >= 0.3 is 0 Å². The number of anilines is 1. The standard InChI is InChI=1S/C20H27N5O2/c1-8-10(3)17(11(4)13(6)27-7)25-18(21)16(19(22)26)15-12(5)23-14(9-2)24-20(15)25/h8H,6,9,21H2,1-5,7H3,(H2,22,26)/b10-8-,17-11+. The van der Waals surface area contributed by atoms with Crippen molar-refractivity contribution in [2.24, 2.45) is 5.73 Å². The fourth-order valence-corrected chi connectivity index (χ4v) is 3.12. The highest BCUT2D eigenvalue weighted by molar-refractivity contribution is 6.12. The topological polar surface area (TPSA) is 109 Å². The molecule has 27 heavy (non-hydrogen) atoms. The van der Waals surface area contributed by atoms with Gasteiger partial charge in [0.05, 0.1) is 29.5 Å². The fraction of sp³-hybridized carbons (Fsp3) is 0.350. The normalized spacial score (nSPS) is 12.9. The molecule has 0 fully saturated rings. The third-order valence-electron chi connectivity index (χ3n) is 4.69. The van der Waals surface area contributed by atoms with Crippen LogP contribution >= 0.6 is 0 Å². The number of nitrogens with zero attached hydrogens (tertiary/aromatic N) is 3. The fourth-order valence-electron chi connectivity index (χ4n) is 3.12. The van der Waals surface area contributed by atoms with Crippen LogP contribution in [0.3, 0.4) is 0 Å². The first-order valence-electron chi connectivity index (χ1n) is 8.74. The Morgan fingerprint density at radius 2 is 1.96 bits per heavy atom. The van der Waals surface area contributed by atoms with Gasteiger partial charge in [0.15, 0.2) is 5.65 Å². The number of primary amides is 1. The predicted molar refractivity (Wildman–Crippen MR) is 109 cm³/mol. The van der Waals surface area contributed by atoms with Crippen LogP contribution in [-0.2, 0) is 11.2 Å². The molecule has 0 spiro atoms. The molecule has 0 saturated heterocycles. The lowest BCUT2D eigenvalue weighted by Crippen LogP contribution is -2.14. The van der Waals surface area contributed by atoms with Gasteiger partial charge in [0, 0.05) is 12.0 Å². The molecule has 2 aromatic rings. The van der Waals surface area contributed by atoms with Crippen molar-refractivity contribution in [3.05, 3.63) is 46.6 Å². The van der Waals surface area contributed by atoms with Crippen LogP contribution in [0.2, 0.25) is 0 Å². The highest BCUT2D eigenvalue weighted by Crippen LogP contribution is 2.36. The summed E-state index contributed by atoms with van der Waals surface area (Å²) in [6.45, 7) is 13.5. The lowest BCUT2D eigenvalue weighted by Gasteiger charge is -2.18. The molecular weight excluding hydrogens is 342 g/mol. The number of hydrogen-bond donors (Lipinski definition) is 2. The quantitative estimate of drug-likeness (QED) is 0.599. The van der Waals surface area contributed by atoms with Gasteiger partial charge in [-0.2, -0.15) is 0 Å². The van der Waals surface area contributed by atoms with E-state index in [1.807, 2.05) is 40.7 Å². The Labute approximate surface area is 159 Å². The maximum absolute atomic E-state index is 12.2. The van der Waals surface area contributed by atoms with Crippen molar-refractivity contribution in [3.8, 4) is 0 Å². The Balaban J connectivity index is 3.12. The van der Waals surface area contributed by atoms with Crippen LogP contribution in [0.5, 0.6) is 0 Å². The molecule has 1 amide bonds. The van der Waals surface area contributed by atoms with Crippen molar-refractivity contribution in [1.29, 1.82) is 0 Å². The molecule has 4 N–H and O–H groups in total. The van der Waals surface area contributed by atoms with Crippen LogP contribution in [-0.4, -0.2) is 27.6 Å². The van der Waals surface area contributed by atoms with Crippen LogP contribution in [0.25, 0.3) is 16.7 Å². The summed E-state index contributed by atoms with van der Waals surface area (Å²) < 4.78 is 7.07. The monoisotopic (exact) mass is 369 g/mol. The van der Waals surface area contributed by atoms with Gasteiger partial charge < -0.3 is 16.2 Å². The van der Waals surface area contributed by atoms with E-state index in [0.29, 0.717) is 34.7 Å². The molecule has 2 heterocycles. The minimum atomic E-state index is -0.618. The van der Waals surface area contributed by atoms with Gasteiger partial charge in [0.25, 0.3) is 5.91 Å². The number of methoxy groups -OCH3 is 1. The Bertz CT molecular complexity index is 996. The summed E-state index contributed by atoms with van der Waals surface area (Å²) in [6, 6.07) is 0. The Morgan fingerprint density at radius 1 is 1.33 bits per heavy atom. The number of aryl methyl sites for hydroxylation is 2. The number of hydrogen-bond acceptors (Lipinski definition) is 5. The first-order chi connectivity index (χ1) is 12.7. The first-order valence-corrected chi connectivity index (χ1v) is 8.74. The van der Waals surface area contributed by atoms with E-state index in [4.69, 9.17) is 16.2 Å². The van der Waals surface area contributed by atoms with Gasteiger partial charge in [-0.3, -0.25) is 9.36 Å². The second-order valence-corrected chi connectivity index (χ2v) is 6.31. The molecular formula is C20H27N5O2. The third-order valence-corrected chi connectivity index (χ3v) is 4.69. The number of aromatic nitrogens is 3. The first kappa shape index (κ1) is 20.2. The lowest BCUT2D eigenvalue weighted by molar-refractivity contribution is 0.100. The number of nitrogen functional groups attached to an aromatic ring is 1. The Morgan fingerprint density at radius 3 is 2.44 bits per heavy atom. The van der Waals surface area contributed by atoms with Crippen LogP contribution in [0.4, 0.5) is 5.82 Å². The summed E-state index contributed by atoms with van der Waals surface area (Å²) in [4.78, 5) is 21.3. The largest absolute Gasteiger partial charge is 0.497 e. The Hall–Kier alpha value is -3.09. The molecule has 0 aliphatic heterocycles. The smallest absolute Gasteiger partial charge is 0.253 e. The summed E-state index contributed by atoms with van der Waals surface area (Å²) in [5.74, 6) is 0.764. The summed E-state index contributed by atoms with van der Waals surface area (Å²) in [5.41, 5.74) is 16.0. The number of amides is 1. The zero-order valence-electron chi connectivity index (χ0n) is 16.8. The van der Waals surface area contributed by atoms with E-state index in [1.165, 1.54) is 0 Å². The van der Waals surface area contributed by atoms with Crippen molar-refractivity contribution >= 4 is 28.5 Å². The van der Waals surface area contributed by atoms with Crippen molar-refractivity contribution in [3.63, 3.8) is 0 Å². The SMILES string of the molecule is C=C(OC)/C(C)=C(\C(C)=C/C)n1c(N)c(C(N)=O)c2c(C)nc(CC)nc21. The maximum Gasteiger partial charge on any atom is 0.253 e. The predicted octanol–water partition coefficient (Wildman–Crippen LogP) is 3.34. The average molecular weight is 369 g/mol. The van der Waals surface area contributed by atoms with Crippen LogP contribution in [0.1, 0.15) is 49.6 Å². The number of carbonyl (C=O) groups is 1. The van der Waals surface area contributed by atoms with E-state index in [9.17, 15) is 4.79 Å². The highest BCUT2D eigenvalue weighted by atomic mass is 16.5. The van der Waals surface area contributed by atoms with Crippen molar-refractivity contribution in [1.82, 2.24) is 14.5 Å². The number of carbonyl (C=O) groups excluding carboxylic acids is 1. The maximum atomic E-state index is 12.2. The minimum Gasteiger partial charge on any atom is -0.497 e. The lowest BCUT2D eigenvalue weighted by atomic mass is 10.1. The zero-order valence-corrected chi connectivity index (χ0v) is 16.8. The van der Waals surface area contributed by atoms with Gasteiger partial charge in [-0.05, 0) is 33.3 Å². The molecule has 0 bridgehead atoms. The van der Waals surface area contributed by atoms with Gasteiger partial charge in [-0.1, -0.05) is 19.6 Å². The van der Waals surface area contributed by atoms with Gasteiger partial charge in [-0.15, -0.1) is 0 Å². The molecule has 0 aromatic carbocycles. The molecule has 0 aliphatic rings. The van der Waals surface area contributed by atoms with Crippen molar-refractivity contribution in [2.75, 3.05) is 12.8 Å². The van der Waals surface area contributed by atoms with E-state index >= 15 is 0 Å². The third kappa shape index (κ3) is 3.32. The number of ether oxygens (including phenoxy) is 1. The molecule has 2 aromatic heterocycles. The number of nitrogens with two attached hydrogens (primary N) is 2. The average Bonchev–Trinajstić information content (AvgIpc) is 2.93. The van der Waals surface area contributed by atoms with Crippen LogP contribution in [0, 0.1) is 6.92 Å². The van der Waals surface area contributed by atoms with E-state index < -0.39 is 5.91 Å². The molecule has 2 rings (SSSR count). The van der Waals surface area contributed by atoms with Gasteiger partial charge in [0.1, 0.15) is 17.4 Å². The molecule has 0 radical (unpaired) electrons. The van der Waals surface area contributed by atoms with E-state index in [1.54, 1.807) is 11.7 Å². The number of fused-ring (bicyclic) bond motifs is 1. The minimum absolute atomic E-state index is 0.224. The second-order valence-electron chi connectivity index (χ2n) is 6.31. The molecule has 7 heteroatoms. The molecule has 144 valence electrons. The van der Waals surface area contributed by atoms with E-state index in [-0.39, 0.29) is 11.4 Å². The van der Waals surface area contributed by atoms with E-state index in [2.05, 4.69) is 16.5 Å². The van der Waals surface area contributed by atoms with Crippen molar-refractivity contribution in [2.45, 2.75) is 41.0 Å². The zero-order chi connectivity index (χ0) is 20.5. The van der Waals surface area contributed by atoms with Crippen LogP contribution < -0.4 is 11.5 Å². The number of rotatable bonds is 6. The van der Waals surface area contributed by atoms with E-state index in [0.717, 1.165) is 16.8 Å². The van der Waals surface area contributed by atoms with Gasteiger partial charge in [0.2, 0.25) is 0 Å². The molecule has 0 saturated carbocycles. The molecule has 0 unspecified atom stereocenters. The molecule has 0 aliphatic carbocycles. The summed E-state index contributed by atoms with van der Waals surface area (Å²) in [6.07, 6.45) is 2.60. The Kier molecular flexibility index (Phi) is 5.73. The summed E-state index contributed by atoms with van der Waals surface area (Å²) in [5, 5.41) is 0.564. The summed E-state index contributed by atoms with van der Waals surface area (Å²) >= 11 is 0. The van der Waals surface area contributed by atoms with Crippen LogP contribution in [0.15, 0.2) is 29.6 Å². The highest BCUT2D eigenvalue weighted by Gasteiger charge is 2.26. The van der Waals surface area contributed by atoms with Crippen molar-refractivity contribution < 1.29 is 9.53 Å². The molecule has 7 nitrogen and oxygen atoms in total. The summed E-state index contributed by atoms with van der Waals surface area (Å²) in [7, 11) is 1.56. The van der Waals surface area contributed by atoms with Gasteiger partial charge in [-0.25, -0.2) is 9.97 Å².